The molecular weight excluding hydrogens is 455 g/mol. The van der Waals surface area contributed by atoms with Crippen molar-refractivity contribution < 1.29 is 79.2 Å². The lowest BCUT2D eigenvalue weighted by molar-refractivity contribution is -0.494. The van der Waals surface area contributed by atoms with Crippen LogP contribution in [0.2, 0.25) is 0 Å². The van der Waals surface area contributed by atoms with Crippen LogP contribution in [0, 0.1) is 0 Å². The molecule has 2 unspecified atom stereocenters. The molecule has 1 fully saturated rings. The molecule has 0 aromatic rings. The van der Waals surface area contributed by atoms with Gasteiger partial charge in [0.15, 0.2) is 0 Å². The van der Waals surface area contributed by atoms with Crippen molar-refractivity contribution in [2.24, 2.45) is 0 Å². The van der Waals surface area contributed by atoms with Crippen LogP contribution in [0.15, 0.2) is 0 Å². The molecule has 1 rings (SSSR count). The lowest BCUT2D eigenvalue weighted by Crippen LogP contribution is -2.62. The third-order valence-electron chi connectivity index (χ3n) is 2.82. The fraction of sp³-hybridized carbons (Fsp3) is 1.00. The quantitative estimate of drug-likeness (QED) is 0.465. The zero-order valence-electron chi connectivity index (χ0n) is 11.9. The molecule has 0 aromatic carbocycles. The standard InChI is InChI=1S/C8H3F13O5S/c1-2(4(10,11)12)24-3(9,5(13,14)25-2)6(15,16)26-7(17,18)8(19,20)27(21,22)23/h1H3. The van der Waals surface area contributed by atoms with Gasteiger partial charge in [-0.15, -0.1) is 0 Å². The Balaban J connectivity index is 3.42. The van der Waals surface area contributed by atoms with Crippen LogP contribution in [0.25, 0.3) is 0 Å². The molecule has 19 heteroatoms. The molecule has 1 heterocycles. The maximum Gasteiger partial charge on any atom is 0.464 e. The summed E-state index contributed by atoms with van der Waals surface area (Å²) < 4.78 is 194. The first-order chi connectivity index (χ1) is 11.4. The third kappa shape index (κ3) is 3.41. The average molecular weight is 458 g/mol. The smallest absolute Gasteiger partial charge is 0.291 e. The first kappa shape index (κ1) is 24.0. The largest absolute Gasteiger partial charge is 0.464 e. The van der Waals surface area contributed by atoms with E-state index in [9.17, 15) is 65.0 Å². The van der Waals surface area contributed by atoms with Crippen molar-refractivity contribution >= 4 is 10.2 Å². The summed E-state index contributed by atoms with van der Waals surface area (Å²) in [6, 6.07) is 0. The Kier molecular flexibility index (Phi) is 5.08. The molecule has 0 amide bonds. The highest BCUT2D eigenvalue weighted by atomic mass is 32.3. The molecule has 0 aliphatic carbocycles. The molecule has 0 saturated carbocycles. The summed E-state index contributed by atoms with van der Waals surface area (Å²) in [5.41, 5.74) is 0. The molecule has 0 spiro atoms. The Morgan fingerprint density at radius 1 is 0.852 bits per heavy atom. The highest BCUT2D eigenvalue weighted by molar-refractivity contribution is 7.87. The Morgan fingerprint density at radius 3 is 1.56 bits per heavy atom. The molecule has 0 radical (unpaired) electrons. The predicted molar refractivity (Wildman–Crippen MR) is 51.4 cm³/mol. The number of alkyl halides is 12. The first-order valence-corrected chi connectivity index (χ1v) is 7.07. The monoisotopic (exact) mass is 458 g/mol. The van der Waals surface area contributed by atoms with Crippen LogP contribution in [0.4, 0.5) is 56.6 Å². The van der Waals surface area contributed by atoms with E-state index in [4.69, 9.17) is 0 Å². The van der Waals surface area contributed by atoms with Crippen LogP contribution in [-0.4, -0.2) is 49.8 Å². The van der Waals surface area contributed by atoms with E-state index in [1.807, 2.05) is 0 Å². The molecule has 1 aliphatic rings. The summed E-state index contributed by atoms with van der Waals surface area (Å²) in [5, 5.41) is -7.19. The summed E-state index contributed by atoms with van der Waals surface area (Å²) in [6.07, 6.45) is -27.1. The lowest BCUT2D eigenvalue weighted by Gasteiger charge is -2.34. The Labute approximate surface area is 139 Å². The van der Waals surface area contributed by atoms with Gasteiger partial charge in [0.2, 0.25) is 0 Å². The van der Waals surface area contributed by atoms with Gasteiger partial charge in [0.25, 0.3) is 5.79 Å². The molecular formula is C8H3F13O5S. The van der Waals surface area contributed by atoms with Gasteiger partial charge in [0, 0.05) is 0 Å². The number of hydrogen-bond acceptors (Lipinski definition) is 5. The van der Waals surface area contributed by atoms with Crippen molar-refractivity contribution in [2.75, 3.05) is 0 Å². The third-order valence-corrected chi connectivity index (χ3v) is 3.67. The number of hydrogen-bond donors (Lipinski definition) is 0. The van der Waals surface area contributed by atoms with Crippen molar-refractivity contribution in [3.8, 4) is 0 Å². The average Bonchev–Trinajstić information content (AvgIpc) is 2.53. The number of rotatable bonds is 5. The topological polar surface area (TPSA) is 61.8 Å². The van der Waals surface area contributed by atoms with E-state index in [1.165, 1.54) is 0 Å². The zero-order valence-corrected chi connectivity index (χ0v) is 12.7. The molecule has 2 atom stereocenters. The molecule has 162 valence electrons. The van der Waals surface area contributed by atoms with Gasteiger partial charge in [-0.2, -0.15) is 61.1 Å². The molecule has 0 N–H and O–H groups in total. The second-order valence-corrected chi connectivity index (χ2v) is 6.24. The van der Waals surface area contributed by atoms with Crippen LogP contribution >= 0.6 is 0 Å². The second-order valence-electron chi connectivity index (χ2n) is 4.85. The molecule has 5 nitrogen and oxygen atoms in total. The molecule has 27 heavy (non-hydrogen) atoms. The number of halogens is 13. The van der Waals surface area contributed by atoms with E-state index < -0.39 is 58.5 Å². The zero-order chi connectivity index (χ0) is 22.1. The van der Waals surface area contributed by atoms with Crippen molar-refractivity contribution in [1.29, 1.82) is 0 Å². The summed E-state index contributed by atoms with van der Waals surface area (Å²) in [5.74, 6) is -11.5. The minimum absolute atomic E-state index is 0.614. The van der Waals surface area contributed by atoms with Gasteiger partial charge < -0.3 is 0 Å². The van der Waals surface area contributed by atoms with E-state index in [0.717, 1.165) is 0 Å². The van der Waals surface area contributed by atoms with Gasteiger partial charge in [-0.05, 0) is 6.92 Å². The SMILES string of the molecule is CC1(C(F)(F)F)OC(F)(F)C(F)(C(F)(F)OC(F)(F)C(F)(F)S(=O)(=O)F)O1. The van der Waals surface area contributed by atoms with Gasteiger partial charge in [-0.1, -0.05) is 3.89 Å². The van der Waals surface area contributed by atoms with Crippen molar-refractivity contribution in [3.05, 3.63) is 0 Å². The Hall–Kier alpha value is -1.08. The minimum atomic E-state index is -7.75. The summed E-state index contributed by atoms with van der Waals surface area (Å²) in [7, 11) is -7.75. The van der Waals surface area contributed by atoms with E-state index in [0.29, 0.717) is 0 Å². The highest BCUT2D eigenvalue weighted by Crippen LogP contribution is 2.60. The summed E-state index contributed by atoms with van der Waals surface area (Å²) in [4.78, 5) is 0. The second kappa shape index (κ2) is 5.72. The van der Waals surface area contributed by atoms with Gasteiger partial charge in [0.05, 0.1) is 0 Å². The van der Waals surface area contributed by atoms with E-state index in [1.54, 1.807) is 4.74 Å². The Bertz CT molecular complexity index is 702. The molecule has 0 aromatic heterocycles. The predicted octanol–water partition coefficient (Wildman–Crippen LogP) is 3.66. The van der Waals surface area contributed by atoms with E-state index >= 15 is 0 Å². The van der Waals surface area contributed by atoms with Crippen LogP contribution in [0.1, 0.15) is 6.92 Å². The van der Waals surface area contributed by atoms with Crippen LogP contribution in [-0.2, 0) is 24.4 Å². The van der Waals surface area contributed by atoms with Crippen molar-refractivity contribution in [2.45, 2.75) is 48.3 Å². The van der Waals surface area contributed by atoms with E-state index in [2.05, 4.69) is 9.47 Å². The lowest BCUT2D eigenvalue weighted by atomic mass is 10.2. The maximum absolute atomic E-state index is 13.8. The fourth-order valence-corrected chi connectivity index (χ4v) is 1.76. The van der Waals surface area contributed by atoms with Gasteiger partial charge >= 0.3 is 45.8 Å². The minimum Gasteiger partial charge on any atom is -0.291 e. The molecule has 1 aliphatic heterocycles. The number of ether oxygens (including phenoxy) is 3. The highest BCUT2D eigenvalue weighted by Gasteiger charge is 2.87. The van der Waals surface area contributed by atoms with E-state index in [-0.39, 0.29) is 0 Å². The normalized spacial score (nSPS) is 30.6. The van der Waals surface area contributed by atoms with Gasteiger partial charge in [-0.3, -0.25) is 9.47 Å². The first-order valence-electron chi connectivity index (χ1n) is 5.68. The van der Waals surface area contributed by atoms with Crippen molar-refractivity contribution in [3.63, 3.8) is 0 Å². The van der Waals surface area contributed by atoms with Crippen molar-refractivity contribution in [1.82, 2.24) is 0 Å². The fourth-order valence-electron chi connectivity index (χ4n) is 1.43. The summed E-state index contributed by atoms with van der Waals surface area (Å²) >= 11 is 0. The van der Waals surface area contributed by atoms with Crippen LogP contribution in [0.3, 0.4) is 0 Å². The van der Waals surface area contributed by atoms with Crippen LogP contribution < -0.4 is 0 Å². The van der Waals surface area contributed by atoms with Gasteiger partial charge in [-0.25, -0.2) is 4.74 Å². The maximum atomic E-state index is 13.8. The van der Waals surface area contributed by atoms with Crippen LogP contribution in [0.5, 0.6) is 0 Å². The summed E-state index contributed by atoms with van der Waals surface area (Å²) in [6.45, 7) is -0.614. The molecule has 1 saturated heterocycles. The van der Waals surface area contributed by atoms with Gasteiger partial charge in [0.1, 0.15) is 0 Å². The Morgan fingerprint density at radius 2 is 1.26 bits per heavy atom. The molecule has 0 bridgehead atoms.